The number of rotatable bonds is 7. The Hall–Kier alpha value is -2.53. The molecule has 0 aliphatic carbocycles. The van der Waals surface area contributed by atoms with Gasteiger partial charge in [0.25, 0.3) is 0 Å². The number of halogens is 1. The van der Waals surface area contributed by atoms with Crippen LogP contribution in [-0.2, 0) is 20.7 Å². The maximum absolute atomic E-state index is 12.6. The van der Waals surface area contributed by atoms with Crippen LogP contribution in [0, 0.1) is 0 Å². The molecular formula is C19H19ClN2O3. The van der Waals surface area contributed by atoms with Crippen LogP contribution >= 0.6 is 11.6 Å². The Kier molecular flexibility index (Phi) is 6.42. The Labute approximate surface area is 151 Å². The first kappa shape index (κ1) is 18.8. The molecule has 0 unspecified atom stereocenters. The van der Waals surface area contributed by atoms with Gasteiger partial charge in [0, 0.05) is 11.4 Å². The van der Waals surface area contributed by atoms with Gasteiger partial charge >= 0.3 is 5.97 Å². The standard InChI is InChI=1S/C19H19ClN2O3/c1-3-25-18(24)19(14(2)23,13-15-7-5-4-6-8-15)22-21-17-11-9-16(20)10-12-17/h4-12H,3,13H2,1-2H3/t19-/m1/s1. The third kappa shape index (κ3) is 4.73. The van der Waals surface area contributed by atoms with Crippen molar-refractivity contribution in [3.05, 3.63) is 65.2 Å². The quantitative estimate of drug-likeness (QED) is 0.414. The summed E-state index contributed by atoms with van der Waals surface area (Å²) >= 11 is 5.85. The average molecular weight is 359 g/mol. The van der Waals surface area contributed by atoms with Gasteiger partial charge in [-0.3, -0.25) is 4.79 Å². The molecule has 130 valence electrons. The Morgan fingerprint density at radius 2 is 1.72 bits per heavy atom. The summed E-state index contributed by atoms with van der Waals surface area (Å²) in [6.45, 7) is 3.15. The van der Waals surface area contributed by atoms with Crippen LogP contribution in [0.15, 0.2) is 64.8 Å². The summed E-state index contributed by atoms with van der Waals surface area (Å²) in [5, 5.41) is 8.77. The third-order valence-corrected chi connectivity index (χ3v) is 3.91. The topological polar surface area (TPSA) is 68.1 Å². The van der Waals surface area contributed by atoms with Gasteiger partial charge in [-0.1, -0.05) is 41.9 Å². The molecule has 0 aliphatic rings. The van der Waals surface area contributed by atoms with Crippen LogP contribution in [0.5, 0.6) is 0 Å². The highest BCUT2D eigenvalue weighted by atomic mass is 35.5. The summed E-state index contributed by atoms with van der Waals surface area (Å²) in [5.41, 5.74) is -0.426. The lowest BCUT2D eigenvalue weighted by atomic mass is 9.88. The summed E-state index contributed by atoms with van der Waals surface area (Å²) in [5.74, 6) is -1.13. The highest BCUT2D eigenvalue weighted by molar-refractivity contribution is 6.30. The fourth-order valence-electron chi connectivity index (χ4n) is 2.28. The molecule has 2 aromatic rings. The van der Waals surface area contributed by atoms with Crippen LogP contribution in [-0.4, -0.2) is 23.9 Å². The van der Waals surface area contributed by atoms with E-state index in [4.69, 9.17) is 16.3 Å². The van der Waals surface area contributed by atoms with E-state index in [9.17, 15) is 9.59 Å². The zero-order valence-electron chi connectivity index (χ0n) is 14.1. The first-order valence-corrected chi connectivity index (χ1v) is 8.26. The van der Waals surface area contributed by atoms with Crippen molar-refractivity contribution < 1.29 is 14.3 Å². The van der Waals surface area contributed by atoms with E-state index in [0.717, 1.165) is 5.56 Å². The van der Waals surface area contributed by atoms with Crippen LogP contribution in [0.4, 0.5) is 5.69 Å². The van der Waals surface area contributed by atoms with E-state index in [1.165, 1.54) is 6.92 Å². The Morgan fingerprint density at radius 1 is 1.08 bits per heavy atom. The molecule has 0 aromatic heterocycles. The SMILES string of the molecule is CCOC(=O)[C@](Cc1ccccc1)(N=Nc1ccc(Cl)cc1)C(C)=O. The summed E-state index contributed by atoms with van der Waals surface area (Å²) in [6, 6.07) is 15.8. The monoisotopic (exact) mass is 358 g/mol. The highest BCUT2D eigenvalue weighted by Crippen LogP contribution is 2.25. The number of azo groups is 1. The number of carbonyl (C=O) groups is 2. The minimum Gasteiger partial charge on any atom is -0.464 e. The molecule has 0 aliphatic heterocycles. The lowest BCUT2D eigenvalue weighted by molar-refractivity contribution is -0.153. The number of Topliss-reactive ketones (excluding diaryl/α,β-unsaturated/α-hetero) is 1. The van der Waals surface area contributed by atoms with Crippen molar-refractivity contribution in [2.45, 2.75) is 25.8 Å². The molecule has 2 rings (SSSR count). The average Bonchev–Trinajstić information content (AvgIpc) is 2.60. The van der Waals surface area contributed by atoms with Crippen molar-refractivity contribution in [3.8, 4) is 0 Å². The van der Waals surface area contributed by atoms with Crippen molar-refractivity contribution in [1.29, 1.82) is 0 Å². The minimum atomic E-state index is -1.71. The largest absolute Gasteiger partial charge is 0.464 e. The van der Waals surface area contributed by atoms with E-state index >= 15 is 0 Å². The maximum Gasteiger partial charge on any atom is 0.344 e. The Balaban J connectivity index is 2.43. The molecule has 0 spiro atoms. The Morgan fingerprint density at radius 3 is 2.28 bits per heavy atom. The first-order chi connectivity index (χ1) is 12.0. The molecule has 0 radical (unpaired) electrons. The number of carbonyl (C=O) groups excluding carboxylic acids is 2. The van der Waals surface area contributed by atoms with Crippen LogP contribution in [0.25, 0.3) is 0 Å². The molecule has 0 saturated heterocycles. The van der Waals surface area contributed by atoms with Crippen LogP contribution in [0.2, 0.25) is 5.02 Å². The number of ketones is 1. The van der Waals surface area contributed by atoms with Gasteiger partial charge in [-0.05, 0) is 43.7 Å². The van der Waals surface area contributed by atoms with Crippen molar-refractivity contribution in [1.82, 2.24) is 0 Å². The molecule has 0 amide bonds. The number of benzene rings is 2. The molecule has 1 atom stereocenters. The summed E-state index contributed by atoms with van der Waals surface area (Å²) in [4.78, 5) is 25.0. The smallest absolute Gasteiger partial charge is 0.344 e. The second-order valence-electron chi connectivity index (χ2n) is 5.48. The molecule has 0 fully saturated rings. The number of hydrogen-bond acceptors (Lipinski definition) is 5. The zero-order valence-corrected chi connectivity index (χ0v) is 14.9. The number of hydrogen-bond donors (Lipinski definition) is 0. The lowest BCUT2D eigenvalue weighted by Crippen LogP contribution is -2.46. The van der Waals surface area contributed by atoms with Crippen LogP contribution in [0.3, 0.4) is 0 Å². The van der Waals surface area contributed by atoms with Crippen molar-refractivity contribution in [3.63, 3.8) is 0 Å². The van der Waals surface area contributed by atoms with Crippen molar-refractivity contribution >= 4 is 29.0 Å². The number of esters is 1. The summed E-state index contributed by atoms with van der Waals surface area (Å²) in [6.07, 6.45) is 0.0824. The van der Waals surface area contributed by atoms with Crippen LogP contribution < -0.4 is 0 Å². The number of ether oxygens (including phenoxy) is 1. The van der Waals surface area contributed by atoms with E-state index < -0.39 is 17.3 Å². The van der Waals surface area contributed by atoms with Gasteiger partial charge < -0.3 is 4.74 Å². The van der Waals surface area contributed by atoms with Crippen LogP contribution in [0.1, 0.15) is 19.4 Å². The van der Waals surface area contributed by atoms with Gasteiger partial charge in [0.05, 0.1) is 12.3 Å². The molecule has 0 saturated carbocycles. The molecule has 5 nitrogen and oxygen atoms in total. The van der Waals surface area contributed by atoms with E-state index in [0.29, 0.717) is 10.7 Å². The van der Waals surface area contributed by atoms with E-state index in [-0.39, 0.29) is 13.0 Å². The molecular weight excluding hydrogens is 340 g/mol. The minimum absolute atomic E-state index is 0.0824. The Bertz CT molecular complexity index is 760. The van der Waals surface area contributed by atoms with Gasteiger partial charge in [-0.15, -0.1) is 0 Å². The fourth-order valence-corrected chi connectivity index (χ4v) is 2.41. The molecule has 6 heteroatoms. The maximum atomic E-state index is 12.6. The second-order valence-corrected chi connectivity index (χ2v) is 5.91. The summed E-state index contributed by atoms with van der Waals surface area (Å²) in [7, 11) is 0. The van der Waals surface area contributed by atoms with Gasteiger partial charge in [0.1, 0.15) is 0 Å². The predicted molar refractivity (Wildman–Crippen MR) is 96.2 cm³/mol. The lowest BCUT2D eigenvalue weighted by Gasteiger charge is -2.23. The summed E-state index contributed by atoms with van der Waals surface area (Å²) < 4.78 is 5.11. The predicted octanol–water partition coefficient (Wildman–Crippen LogP) is 4.56. The molecule has 0 heterocycles. The van der Waals surface area contributed by atoms with Gasteiger partial charge in [0.2, 0.25) is 5.54 Å². The second kappa shape index (κ2) is 8.53. The molecule has 25 heavy (non-hydrogen) atoms. The van der Waals surface area contributed by atoms with Crippen molar-refractivity contribution in [2.75, 3.05) is 6.61 Å². The van der Waals surface area contributed by atoms with E-state index in [2.05, 4.69) is 10.2 Å². The highest BCUT2D eigenvalue weighted by Gasteiger charge is 2.46. The van der Waals surface area contributed by atoms with E-state index in [1.807, 2.05) is 30.3 Å². The molecule has 0 N–H and O–H groups in total. The fraction of sp³-hybridized carbons (Fsp3) is 0.263. The third-order valence-electron chi connectivity index (χ3n) is 3.66. The van der Waals surface area contributed by atoms with Crippen molar-refractivity contribution in [2.24, 2.45) is 10.2 Å². The molecule has 2 aromatic carbocycles. The first-order valence-electron chi connectivity index (χ1n) is 7.88. The van der Waals surface area contributed by atoms with Gasteiger partial charge in [0.15, 0.2) is 5.78 Å². The van der Waals surface area contributed by atoms with E-state index in [1.54, 1.807) is 31.2 Å². The van der Waals surface area contributed by atoms with Gasteiger partial charge in [-0.2, -0.15) is 10.2 Å². The van der Waals surface area contributed by atoms with Gasteiger partial charge in [-0.25, -0.2) is 4.79 Å². The molecule has 0 bridgehead atoms. The number of nitrogens with zero attached hydrogens (tertiary/aromatic N) is 2. The normalized spacial score (nSPS) is 13.4. The zero-order chi connectivity index (χ0) is 18.3.